The summed E-state index contributed by atoms with van der Waals surface area (Å²) < 4.78 is 5.45. The molecule has 1 aromatic carbocycles. The van der Waals surface area contributed by atoms with Crippen molar-refractivity contribution in [3.8, 4) is 0 Å². The summed E-state index contributed by atoms with van der Waals surface area (Å²) in [6.45, 7) is 6.28. The average Bonchev–Trinajstić information content (AvgIpc) is 3.35. The molecule has 0 saturated carbocycles. The molecule has 0 atom stereocenters. The van der Waals surface area contributed by atoms with E-state index in [4.69, 9.17) is 9.72 Å². The van der Waals surface area contributed by atoms with Gasteiger partial charge in [0.15, 0.2) is 0 Å². The maximum atomic E-state index is 12.8. The third kappa shape index (κ3) is 4.49. The van der Waals surface area contributed by atoms with E-state index >= 15 is 0 Å². The highest BCUT2D eigenvalue weighted by molar-refractivity contribution is 5.95. The van der Waals surface area contributed by atoms with E-state index in [1.165, 1.54) is 0 Å². The molecule has 4 heterocycles. The smallest absolute Gasteiger partial charge is 0.257 e. The van der Waals surface area contributed by atoms with E-state index < -0.39 is 0 Å². The maximum Gasteiger partial charge on any atom is 0.257 e. The van der Waals surface area contributed by atoms with Crippen molar-refractivity contribution >= 4 is 23.2 Å². The van der Waals surface area contributed by atoms with E-state index in [-0.39, 0.29) is 18.0 Å². The standard InChI is InChI=1S/C23H30N6O3/c30-21(24-19-5-1-2-6-20(19)28-11-13-32-14-12-28)16-27-10-7-18-17(15-27)22(31)26-23(25-18)29-8-3-4-9-29/h1-2,5-6H,3-4,7-16H2,(H,24,30)(H,25,26,31). The molecule has 0 bridgehead atoms. The zero-order valence-electron chi connectivity index (χ0n) is 18.3. The Morgan fingerprint density at radius 3 is 2.66 bits per heavy atom. The molecule has 0 spiro atoms. The van der Waals surface area contributed by atoms with Crippen molar-refractivity contribution in [1.29, 1.82) is 0 Å². The fourth-order valence-electron chi connectivity index (χ4n) is 4.73. The molecule has 2 saturated heterocycles. The van der Waals surface area contributed by atoms with Gasteiger partial charge in [0.05, 0.1) is 42.4 Å². The molecule has 1 amide bonds. The topological polar surface area (TPSA) is 93.8 Å². The Bertz CT molecular complexity index is 1030. The first-order chi connectivity index (χ1) is 15.7. The number of nitrogens with zero attached hydrogens (tertiary/aromatic N) is 4. The molecule has 0 unspecified atom stereocenters. The monoisotopic (exact) mass is 438 g/mol. The summed E-state index contributed by atoms with van der Waals surface area (Å²) in [4.78, 5) is 39.6. The number of aromatic amines is 1. The lowest BCUT2D eigenvalue weighted by Gasteiger charge is -2.31. The summed E-state index contributed by atoms with van der Waals surface area (Å²) in [6.07, 6.45) is 2.95. The second kappa shape index (κ2) is 9.30. The number of aromatic nitrogens is 2. The third-order valence-corrected chi connectivity index (χ3v) is 6.44. The zero-order chi connectivity index (χ0) is 21.9. The van der Waals surface area contributed by atoms with Crippen molar-refractivity contribution in [2.45, 2.75) is 25.8 Å². The van der Waals surface area contributed by atoms with Crippen LogP contribution in [0.2, 0.25) is 0 Å². The Morgan fingerprint density at radius 2 is 1.84 bits per heavy atom. The summed E-state index contributed by atoms with van der Waals surface area (Å²) in [5.41, 5.74) is 3.29. The first kappa shape index (κ1) is 21.0. The van der Waals surface area contributed by atoms with Gasteiger partial charge in [-0.1, -0.05) is 12.1 Å². The number of H-pyrrole nitrogens is 1. The van der Waals surface area contributed by atoms with Crippen LogP contribution in [0.5, 0.6) is 0 Å². The van der Waals surface area contributed by atoms with Gasteiger partial charge in [-0.15, -0.1) is 0 Å². The predicted molar refractivity (Wildman–Crippen MR) is 123 cm³/mol. The second-order valence-electron chi connectivity index (χ2n) is 8.63. The van der Waals surface area contributed by atoms with E-state index in [0.717, 1.165) is 56.1 Å². The lowest BCUT2D eigenvalue weighted by Crippen LogP contribution is -2.41. The highest BCUT2D eigenvalue weighted by Gasteiger charge is 2.25. The number of carbonyl (C=O) groups excluding carboxylic acids is 1. The second-order valence-corrected chi connectivity index (χ2v) is 8.63. The molecule has 5 rings (SSSR count). The Morgan fingerprint density at radius 1 is 1.06 bits per heavy atom. The fraction of sp³-hybridized carbons (Fsp3) is 0.522. The Kier molecular flexibility index (Phi) is 6.09. The van der Waals surface area contributed by atoms with Gasteiger partial charge in [-0.2, -0.15) is 0 Å². The van der Waals surface area contributed by atoms with Crippen LogP contribution in [0.4, 0.5) is 17.3 Å². The number of carbonyl (C=O) groups is 1. The van der Waals surface area contributed by atoms with Crippen LogP contribution in [0.25, 0.3) is 0 Å². The van der Waals surface area contributed by atoms with E-state index in [9.17, 15) is 9.59 Å². The van der Waals surface area contributed by atoms with Crippen molar-refractivity contribution < 1.29 is 9.53 Å². The summed E-state index contributed by atoms with van der Waals surface area (Å²) in [7, 11) is 0. The largest absolute Gasteiger partial charge is 0.378 e. The average molecular weight is 439 g/mol. The van der Waals surface area contributed by atoms with Crippen LogP contribution in [0.1, 0.15) is 24.1 Å². The number of hydrogen-bond acceptors (Lipinski definition) is 7. The van der Waals surface area contributed by atoms with Gasteiger partial charge in [0.2, 0.25) is 11.9 Å². The van der Waals surface area contributed by atoms with Gasteiger partial charge < -0.3 is 19.9 Å². The number of nitrogens with one attached hydrogen (secondary N) is 2. The van der Waals surface area contributed by atoms with Crippen LogP contribution in [0.15, 0.2) is 29.1 Å². The van der Waals surface area contributed by atoms with Gasteiger partial charge >= 0.3 is 0 Å². The number of anilines is 3. The number of fused-ring (bicyclic) bond motifs is 1. The molecule has 2 fully saturated rings. The number of benzene rings is 1. The van der Waals surface area contributed by atoms with Crippen LogP contribution < -0.4 is 20.7 Å². The van der Waals surface area contributed by atoms with Gasteiger partial charge in [-0.3, -0.25) is 19.5 Å². The number of rotatable bonds is 5. The normalized spacial score (nSPS) is 19.1. The molecular weight excluding hydrogens is 408 g/mol. The van der Waals surface area contributed by atoms with E-state index in [1.807, 2.05) is 29.2 Å². The number of amides is 1. The third-order valence-electron chi connectivity index (χ3n) is 6.44. The molecule has 9 nitrogen and oxygen atoms in total. The quantitative estimate of drug-likeness (QED) is 0.725. The van der Waals surface area contributed by atoms with Gasteiger partial charge in [-0.25, -0.2) is 4.98 Å². The first-order valence-electron chi connectivity index (χ1n) is 11.5. The minimum Gasteiger partial charge on any atom is -0.378 e. The van der Waals surface area contributed by atoms with Gasteiger partial charge in [0, 0.05) is 45.7 Å². The molecule has 170 valence electrons. The van der Waals surface area contributed by atoms with Crippen LogP contribution in [0, 0.1) is 0 Å². The summed E-state index contributed by atoms with van der Waals surface area (Å²) >= 11 is 0. The molecular formula is C23H30N6O3. The summed E-state index contributed by atoms with van der Waals surface area (Å²) in [6, 6.07) is 7.88. The minimum absolute atomic E-state index is 0.0766. The lowest BCUT2D eigenvalue weighted by atomic mass is 10.1. The van der Waals surface area contributed by atoms with Crippen LogP contribution in [0.3, 0.4) is 0 Å². The number of hydrogen-bond donors (Lipinski definition) is 2. The highest BCUT2D eigenvalue weighted by atomic mass is 16.5. The van der Waals surface area contributed by atoms with Crippen molar-refractivity contribution in [2.75, 3.05) is 67.6 Å². The van der Waals surface area contributed by atoms with Crippen molar-refractivity contribution in [1.82, 2.24) is 14.9 Å². The molecule has 2 aromatic rings. The van der Waals surface area contributed by atoms with Crippen molar-refractivity contribution in [3.05, 3.63) is 45.9 Å². The van der Waals surface area contributed by atoms with Crippen LogP contribution >= 0.6 is 0 Å². The van der Waals surface area contributed by atoms with E-state index in [2.05, 4.69) is 20.1 Å². The molecule has 9 heteroatoms. The van der Waals surface area contributed by atoms with E-state index in [1.54, 1.807) is 0 Å². The van der Waals surface area contributed by atoms with Crippen LogP contribution in [-0.2, 0) is 22.5 Å². The molecule has 1 aromatic heterocycles. The van der Waals surface area contributed by atoms with Crippen molar-refractivity contribution in [3.63, 3.8) is 0 Å². The van der Waals surface area contributed by atoms with Gasteiger partial charge in [-0.05, 0) is 25.0 Å². The Hall–Kier alpha value is -2.91. The lowest BCUT2D eigenvalue weighted by molar-refractivity contribution is -0.117. The zero-order valence-corrected chi connectivity index (χ0v) is 18.3. The maximum absolute atomic E-state index is 12.8. The molecule has 0 aliphatic carbocycles. The summed E-state index contributed by atoms with van der Waals surface area (Å²) in [5.74, 6) is 0.615. The van der Waals surface area contributed by atoms with Crippen LogP contribution in [-0.4, -0.2) is 73.3 Å². The molecule has 3 aliphatic heterocycles. The Labute approximate surface area is 187 Å². The molecule has 0 radical (unpaired) electrons. The molecule has 2 N–H and O–H groups in total. The fourth-order valence-corrected chi connectivity index (χ4v) is 4.73. The van der Waals surface area contributed by atoms with Crippen molar-refractivity contribution in [2.24, 2.45) is 0 Å². The number of ether oxygens (including phenoxy) is 1. The molecule has 32 heavy (non-hydrogen) atoms. The number of para-hydroxylation sites is 2. The number of morpholine rings is 1. The summed E-state index contributed by atoms with van der Waals surface area (Å²) in [5, 5.41) is 3.07. The SMILES string of the molecule is O=C(CN1CCc2nc(N3CCCC3)[nH]c(=O)c2C1)Nc1ccccc1N1CCOCC1. The van der Waals surface area contributed by atoms with Gasteiger partial charge in [0.1, 0.15) is 0 Å². The van der Waals surface area contributed by atoms with Gasteiger partial charge in [0.25, 0.3) is 5.56 Å². The first-order valence-corrected chi connectivity index (χ1v) is 11.5. The van der Waals surface area contributed by atoms with E-state index in [0.29, 0.717) is 44.2 Å². The highest BCUT2D eigenvalue weighted by Crippen LogP contribution is 2.26. The minimum atomic E-state index is -0.0836. The predicted octanol–water partition coefficient (Wildman–Crippen LogP) is 1.20. The Balaban J connectivity index is 1.24. The molecule has 3 aliphatic rings.